The molecule has 11 nitrogen and oxygen atoms in total. The van der Waals surface area contributed by atoms with Gasteiger partial charge in [0.25, 0.3) is 0 Å². The number of aliphatic hydroxyl groups is 4. The average molecular weight is 341 g/mol. The van der Waals surface area contributed by atoms with Gasteiger partial charge in [-0.15, -0.1) is 0 Å². The van der Waals surface area contributed by atoms with Gasteiger partial charge in [0.05, 0.1) is 17.6 Å². The fraction of sp³-hybridized carbons (Fsp3) is 0.538. The van der Waals surface area contributed by atoms with E-state index in [0.29, 0.717) is 5.56 Å². The third-order valence-electron chi connectivity index (χ3n) is 4.16. The second-order valence-electron chi connectivity index (χ2n) is 5.56. The Balaban J connectivity index is 1.91. The minimum Gasteiger partial charge on any atom is -0.394 e. The number of ether oxygens (including phenoxy) is 1. The molecule has 24 heavy (non-hydrogen) atoms. The van der Waals surface area contributed by atoms with Gasteiger partial charge in [0.1, 0.15) is 17.7 Å². The van der Waals surface area contributed by atoms with Crippen molar-refractivity contribution in [3.8, 4) is 0 Å². The summed E-state index contributed by atoms with van der Waals surface area (Å²) in [6, 6.07) is 2.63. The molecule has 1 aromatic carbocycles. The van der Waals surface area contributed by atoms with Gasteiger partial charge in [-0.05, 0) is 28.4 Å². The van der Waals surface area contributed by atoms with Crippen molar-refractivity contribution in [3.05, 3.63) is 27.8 Å². The van der Waals surface area contributed by atoms with E-state index in [1.165, 1.54) is 12.1 Å². The zero-order chi connectivity index (χ0) is 17.4. The molecule has 0 radical (unpaired) electrons. The third-order valence-corrected chi connectivity index (χ3v) is 4.16. The molecule has 130 valence electrons. The fourth-order valence-electron chi connectivity index (χ4n) is 2.85. The van der Waals surface area contributed by atoms with Crippen molar-refractivity contribution < 1.29 is 34.7 Å². The highest BCUT2D eigenvalue weighted by atomic mass is 16.6. The Labute approximate surface area is 134 Å². The molecule has 2 unspecified atom stereocenters. The average Bonchev–Trinajstić information content (AvgIpc) is 3.04. The maximum Gasteiger partial charge on any atom is 0.300 e. The molecule has 1 saturated heterocycles. The van der Waals surface area contributed by atoms with Gasteiger partial charge in [0, 0.05) is 12.0 Å². The van der Waals surface area contributed by atoms with Crippen LogP contribution in [0.5, 0.6) is 0 Å². The highest BCUT2D eigenvalue weighted by Crippen LogP contribution is 2.32. The molecule has 0 spiro atoms. The van der Waals surface area contributed by atoms with Crippen molar-refractivity contribution in [2.45, 2.75) is 31.0 Å². The Morgan fingerprint density at radius 3 is 2.54 bits per heavy atom. The van der Waals surface area contributed by atoms with Gasteiger partial charge in [0.2, 0.25) is 5.52 Å². The molecule has 1 aliphatic heterocycles. The number of aromatic nitrogens is 2. The van der Waals surface area contributed by atoms with Gasteiger partial charge in [-0.25, -0.2) is 4.63 Å². The Bertz CT molecular complexity index is 750. The van der Waals surface area contributed by atoms with Crippen LogP contribution in [0.2, 0.25) is 0 Å². The first-order chi connectivity index (χ1) is 11.4. The lowest BCUT2D eigenvalue weighted by Crippen LogP contribution is -2.56. The van der Waals surface area contributed by atoms with Crippen molar-refractivity contribution in [3.63, 3.8) is 0 Å². The van der Waals surface area contributed by atoms with Crippen molar-refractivity contribution >= 4 is 16.7 Å². The van der Waals surface area contributed by atoms with E-state index in [2.05, 4.69) is 14.9 Å². The highest BCUT2D eigenvalue weighted by Gasteiger charge is 2.43. The molecule has 1 fully saturated rings. The zero-order valence-corrected chi connectivity index (χ0v) is 12.2. The largest absolute Gasteiger partial charge is 0.394 e. The van der Waals surface area contributed by atoms with Crippen LogP contribution < -0.4 is 0 Å². The van der Waals surface area contributed by atoms with Crippen LogP contribution in [0.15, 0.2) is 16.8 Å². The molecule has 1 aliphatic rings. The molecular formula is C13H15N3O8. The topological polar surface area (TPSA) is 172 Å². The first-order valence-electron chi connectivity index (χ1n) is 7.13. The van der Waals surface area contributed by atoms with Gasteiger partial charge < -0.3 is 25.2 Å². The number of nitro benzene ring substituents is 1. The van der Waals surface area contributed by atoms with Crippen LogP contribution in [-0.2, 0) is 11.2 Å². The number of hydrogen-bond donors (Lipinski definition) is 4. The van der Waals surface area contributed by atoms with Crippen LogP contribution in [0.4, 0.5) is 5.69 Å². The Morgan fingerprint density at radius 1 is 1.17 bits per heavy atom. The maximum absolute atomic E-state index is 11.0. The molecule has 5 atom stereocenters. The monoisotopic (exact) mass is 341 g/mol. The van der Waals surface area contributed by atoms with Crippen molar-refractivity contribution in [1.29, 1.82) is 0 Å². The van der Waals surface area contributed by atoms with Crippen LogP contribution in [0.1, 0.15) is 5.56 Å². The Kier molecular flexibility index (Phi) is 4.43. The first kappa shape index (κ1) is 16.7. The van der Waals surface area contributed by atoms with Gasteiger partial charge in [-0.3, -0.25) is 10.1 Å². The van der Waals surface area contributed by atoms with E-state index >= 15 is 0 Å². The Hall–Kier alpha value is -2.18. The van der Waals surface area contributed by atoms with Gasteiger partial charge in [-0.1, -0.05) is 0 Å². The number of aliphatic hydroxyl groups excluding tert-OH is 4. The predicted octanol–water partition coefficient (Wildman–Crippen LogP) is -1.28. The van der Waals surface area contributed by atoms with Crippen LogP contribution in [0, 0.1) is 16.0 Å². The molecule has 0 amide bonds. The zero-order valence-electron chi connectivity index (χ0n) is 12.2. The lowest BCUT2D eigenvalue weighted by Gasteiger charge is -2.40. The van der Waals surface area contributed by atoms with E-state index in [-0.39, 0.29) is 23.1 Å². The summed E-state index contributed by atoms with van der Waals surface area (Å²) in [7, 11) is 0. The number of nitrogens with zero attached hydrogens (tertiary/aromatic N) is 3. The van der Waals surface area contributed by atoms with Crippen LogP contribution in [-0.4, -0.2) is 66.9 Å². The second-order valence-corrected chi connectivity index (χ2v) is 5.56. The summed E-state index contributed by atoms with van der Waals surface area (Å²) in [5.74, 6) is -0.927. The number of fused-ring (bicyclic) bond motifs is 1. The van der Waals surface area contributed by atoms with Crippen molar-refractivity contribution in [2.75, 3.05) is 6.61 Å². The predicted molar refractivity (Wildman–Crippen MR) is 75.6 cm³/mol. The van der Waals surface area contributed by atoms with E-state index in [9.17, 15) is 25.4 Å². The SMILES string of the molecule is O=[N+]([O-])c1ccc(C[C@@H]2C(O)[C@H](O)C(CO)O[C@@H]2O)c2nonc12. The smallest absolute Gasteiger partial charge is 0.300 e. The number of non-ortho nitro benzene ring substituents is 1. The van der Waals surface area contributed by atoms with Crippen molar-refractivity contribution in [2.24, 2.45) is 5.92 Å². The third kappa shape index (κ3) is 2.72. The minimum atomic E-state index is -1.44. The lowest BCUT2D eigenvalue weighted by molar-refractivity contribution is -0.383. The minimum absolute atomic E-state index is 0.000248. The normalized spacial score (nSPS) is 30.6. The molecule has 2 aromatic rings. The summed E-state index contributed by atoms with van der Waals surface area (Å²) in [6.45, 7) is -0.559. The van der Waals surface area contributed by atoms with Crippen LogP contribution >= 0.6 is 0 Å². The van der Waals surface area contributed by atoms with Gasteiger partial charge >= 0.3 is 5.69 Å². The Morgan fingerprint density at radius 2 is 1.88 bits per heavy atom. The van der Waals surface area contributed by atoms with E-state index in [0.717, 1.165) is 0 Å². The van der Waals surface area contributed by atoms with Gasteiger partial charge in [0.15, 0.2) is 6.29 Å². The number of benzene rings is 1. The molecule has 1 aromatic heterocycles. The van der Waals surface area contributed by atoms with Gasteiger partial charge in [-0.2, -0.15) is 0 Å². The summed E-state index contributed by atoms with van der Waals surface area (Å²) >= 11 is 0. The van der Waals surface area contributed by atoms with E-state index in [1.54, 1.807) is 0 Å². The van der Waals surface area contributed by atoms with Crippen LogP contribution in [0.25, 0.3) is 11.0 Å². The fourth-order valence-corrected chi connectivity index (χ4v) is 2.85. The van der Waals surface area contributed by atoms with Crippen LogP contribution in [0.3, 0.4) is 0 Å². The quantitative estimate of drug-likeness (QED) is 0.387. The van der Waals surface area contributed by atoms with E-state index in [1.807, 2.05) is 0 Å². The first-order valence-corrected chi connectivity index (χ1v) is 7.13. The van der Waals surface area contributed by atoms with Crippen molar-refractivity contribution in [1.82, 2.24) is 10.3 Å². The summed E-state index contributed by atoms with van der Waals surface area (Å²) < 4.78 is 9.64. The molecule has 3 rings (SSSR count). The lowest BCUT2D eigenvalue weighted by atomic mass is 9.86. The molecule has 0 saturated carbocycles. The number of nitro groups is 1. The molecule has 2 heterocycles. The van der Waals surface area contributed by atoms with E-state index < -0.39 is 42.1 Å². The number of rotatable bonds is 4. The molecular weight excluding hydrogens is 326 g/mol. The molecule has 0 bridgehead atoms. The second kappa shape index (κ2) is 6.37. The summed E-state index contributed by atoms with van der Waals surface area (Å²) in [5.41, 5.74) is 0.226. The molecule has 4 N–H and O–H groups in total. The molecule has 11 heteroatoms. The summed E-state index contributed by atoms with van der Waals surface area (Å²) in [6.07, 6.45) is -5.29. The standard InChI is InChI=1S/C13H15N3O8/c17-4-8-12(19)11(18)6(13(20)23-8)3-5-1-2-7(16(21)22)10-9(5)14-24-15-10/h1-2,6,8,11-13,17-20H,3-4H2/t6-,8?,11?,12-,13+/m1/s1. The summed E-state index contributed by atoms with van der Waals surface area (Å²) in [5, 5.41) is 57.3. The molecule has 0 aliphatic carbocycles. The highest BCUT2D eigenvalue weighted by molar-refractivity contribution is 5.85. The number of hydrogen-bond acceptors (Lipinski definition) is 10. The van der Waals surface area contributed by atoms with E-state index in [4.69, 9.17) is 9.84 Å². The summed E-state index contributed by atoms with van der Waals surface area (Å²) in [4.78, 5) is 10.3. The maximum atomic E-state index is 11.0.